The summed E-state index contributed by atoms with van der Waals surface area (Å²) in [6.07, 6.45) is 6.11. The van der Waals surface area contributed by atoms with Gasteiger partial charge in [0.05, 0.1) is 0 Å². The van der Waals surface area contributed by atoms with Crippen LogP contribution in [-0.2, 0) is 0 Å². The van der Waals surface area contributed by atoms with E-state index in [2.05, 4.69) is 15.5 Å². The lowest BCUT2D eigenvalue weighted by Gasteiger charge is -2.21. The number of aromatic nitrogens is 2. The van der Waals surface area contributed by atoms with Crippen LogP contribution < -0.4 is 11.1 Å². The van der Waals surface area contributed by atoms with Crippen LogP contribution in [-0.4, -0.2) is 22.3 Å². The molecule has 1 aliphatic rings. The van der Waals surface area contributed by atoms with Gasteiger partial charge in [0.15, 0.2) is 0 Å². The van der Waals surface area contributed by atoms with Gasteiger partial charge in [-0.25, -0.2) is 0 Å². The summed E-state index contributed by atoms with van der Waals surface area (Å²) in [5, 5.41) is 13.4. The van der Waals surface area contributed by atoms with Crippen molar-refractivity contribution in [3.63, 3.8) is 0 Å². The van der Waals surface area contributed by atoms with Gasteiger partial charge in [0.2, 0.25) is 5.13 Å². The molecule has 0 bridgehead atoms. The molecule has 2 rings (SSSR count). The topological polar surface area (TPSA) is 63.8 Å². The van der Waals surface area contributed by atoms with Gasteiger partial charge in [0.25, 0.3) is 0 Å². The molecule has 1 fully saturated rings. The molecule has 1 saturated carbocycles. The molecule has 2 atom stereocenters. The molecule has 2 unspecified atom stereocenters. The highest BCUT2D eigenvalue weighted by Gasteiger charge is 2.20. The van der Waals surface area contributed by atoms with Crippen LogP contribution in [0.1, 0.15) is 37.1 Å². The van der Waals surface area contributed by atoms with E-state index in [4.69, 9.17) is 5.73 Å². The molecule has 1 aromatic rings. The van der Waals surface area contributed by atoms with Crippen molar-refractivity contribution in [1.82, 2.24) is 10.2 Å². The van der Waals surface area contributed by atoms with Crippen LogP contribution in [0.4, 0.5) is 5.13 Å². The van der Waals surface area contributed by atoms with Crippen LogP contribution in [0.25, 0.3) is 0 Å². The fraction of sp³-hybridized carbons (Fsp3) is 0.800. The fourth-order valence-electron chi connectivity index (χ4n) is 2.03. The zero-order valence-electron chi connectivity index (χ0n) is 9.07. The Hall–Kier alpha value is -0.680. The highest BCUT2D eigenvalue weighted by Crippen LogP contribution is 2.22. The Balaban J connectivity index is 1.97. The van der Waals surface area contributed by atoms with Crippen molar-refractivity contribution < 1.29 is 0 Å². The van der Waals surface area contributed by atoms with E-state index in [0.717, 1.165) is 23.0 Å². The predicted molar refractivity (Wildman–Crippen MR) is 63.1 cm³/mol. The molecule has 0 saturated heterocycles. The molecular weight excluding hydrogens is 208 g/mol. The second-order valence-corrected chi connectivity index (χ2v) is 5.36. The highest BCUT2D eigenvalue weighted by molar-refractivity contribution is 7.15. The first-order valence-corrected chi connectivity index (χ1v) is 6.39. The second kappa shape index (κ2) is 4.90. The smallest absolute Gasteiger partial charge is 0.205 e. The number of aryl methyl sites for hydroxylation is 1. The normalized spacial score (nSPS) is 27.3. The number of hydrogen-bond acceptors (Lipinski definition) is 5. The maximum atomic E-state index is 6.13. The van der Waals surface area contributed by atoms with Gasteiger partial charge in [0, 0.05) is 12.1 Å². The van der Waals surface area contributed by atoms with Crippen LogP contribution in [0.2, 0.25) is 0 Å². The second-order valence-electron chi connectivity index (χ2n) is 4.18. The molecule has 0 amide bonds. The lowest BCUT2D eigenvalue weighted by molar-refractivity contribution is 0.527. The number of rotatable bonds is 2. The minimum atomic E-state index is 0.261. The number of hydrogen-bond donors (Lipinski definition) is 2. The largest absolute Gasteiger partial charge is 0.356 e. The molecule has 3 N–H and O–H groups in total. The average Bonchev–Trinajstić information content (AvgIpc) is 2.50. The van der Waals surface area contributed by atoms with Crippen molar-refractivity contribution in [2.45, 2.75) is 51.1 Å². The Labute approximate surface area is 94.3 Å². The first-order valence-electron chi connectivity index (χ1n) is 5.58. The standard InChI is InChI=1S/C10H18N4S/c1-7-13-14-10(15-7)12-9-6-4-2-3-5-8(9)11/h8-9H,2-6,11H2,1H3,(H,12,14). The minimum absolute atomic E-state index is 0.261. The van der Waals surface area contributed by atoms with Gasteiger partial charge in [-0.2, -0.15) is 0 Å². The van der Waals surface area contributed by atoms with Crippen molar-refractivity contribution >= 4 is 16.5 Å². The summed E-state index contributed by atoms with van der Waals surface area (Å²) in [4.78, 5) is 0. The first-order chi connectivity index (χ1) is 7.25. The molecule has 0 spiro atoms. The third kappa shape index (κ3) is 2.89. The van der Waals surface area contributed by atoms with E-state index in [0.29, 0.717) is 6.04 Å². The minimum Gasteiger partial charge on any atom is -0.356 e. The molecule has 1 aliphatic carbocycles. The van der Waals surface area contributed by atoms with Crippen molar-refractivity contribution in [2.75, 3.05) is 5.32 Å². The summed E-state index contributed by atoms with van der Waals surface area (Å²) in [5.41, 5.74) is 6.13. The molecule has 0 aliphatic heterocycles. The first kappa shape index (κ1) is 10.8. The van der Waals surface area contributed by atoms with E-state index < -0.39 is 0 Å². The van der Waals surface area contributed by atoms with Crippen LogP contribution in [0.3, 0.4) is 0 Å². The van der Waals surface area contributed by atoms with Crippen molar-refractivity contribution in [1.29, 1.82) is 0 Å². The van der Waals surface area contributed by atoms with Gasteiger partial charge < -0.3 is 11.1 Å². The van der Waals surface area contributed by atoms with Crippen LogP contribution in [0, 0.1) is 6.92 Å². The molecule has 1 aromatic heterocycles. The average molecular weight is 226 g/mol. The number of nitrogens with one attached hydrogen (secondary N) is 1. The fourth-order valence-corrected chi connectivity index (χ4v) is 2.68. The summed E-state index contributed by atoms with van der Waals surface area (Å²) in [6.45, 7) is 1.97. The third-order valence-electron chi connectivity index (χ3n) is 2.90. The van der Waals surface area contributed by atoms with E-state index in [1.807, 2.05) is 6.92 Å². The maximum absolute atomic E-state index is 6.13. The Morgan fingerprint density at radius 3 is 2.80 bits per heavy atom. The quantitative estimate of drug-likeness (QED) is 0.756. The van der Waals surface area contributed by atoms with Gasteiger partial charge in [0.1, 0.15) is 5.01 Å². The summed E-state index contributed by atoms with van der Waals surface area (Å²) in [5.74, 6) is 0. The zero-order chi connectivity index (χ0) is 10.7. The number of anilines is 1. The van der Waals surface area contributed by atoms with Crippen molar-refractivity contribution in [3.8, 4) is 0 Å². The summed E-state index contributed by atoms with van der Waals surface area (Å²) in [7, 11) is 0. The zero-order valence-corrected chi connectivity index (χ0v) is 9.89. The highest BCUT2D eigenvalue weighted by atomic mass is 32.1. The Bertz CT molecular complexity index is 312. The SMILES string of the molecule is Cc1nnc(NC2CCCCCC2N)s1. The van der Waals surface area contributed by atoms with E-state index in [9.17, 15) is 0 Å². The monoisotopic (exact) mass is 226 g/mol. The van der Waals surface area contributed by atoms with Crippen LogP contribution >= 0.6 is 11.3 Å². The van der Waals surface area contributed by atoms with Gasteiger partial charge in [-0.15, -0.1) is 10.2 Å². The summed E-state index contributed by atoms with van der Waals surface area (Å²) >= 11 is 1.60. The Kier molecular flexibility index (Phi) is 3.53. The van der Waals surface area contributed by atoms with E-state index in [-0.39, 0.29) is 6.04 Å². The molecule has 1 heterocycles. The van der Waals surface area contributed by atoms with Crippen molar-refractivity contribution in [3.05, 3.63) is 5.01 Å². The predicted octanol–water partition coefficient (Wildman–Crippen LogP) is 1.92. The van der Waals surface area contributed by atoms with E-state index in [1.54, 1.807) is 11.3 Å². The summed E-state index contributed by atoms with van der Waals surface area (Å²) < 4.78 is 0. The van der Waals surface area contributed by atoms with E-state index in [1.165, 1.54) is 19.3 Å². The Morgan fingerprint density at radius 1 is 1.27 bits per heavy atom. The maximum Gasteiger partial charge on any atom is 0.205 e. The van der Waals surface area contributed by atoms with Gasteiger partial charge >= 0.3 is 0 Å². The number of nitrogens with zero attached hydrogens (tertiary/aromatic N) is 2. The van der Waals surface area contributed by atoms with Gasteiger partial charge in [-0.05, 0) is 19.8 Å². The molecule has 5 heteroatoms. The molecule has 84 valence electrons. The molecule has 0 radical (unpaired) electrons. The van der Waals surface area contributed by atoms with E-state index >= 15 is 0 Å². The summed E-state index contributed by atoms with van der Waals surface area (Å²) in [6, 6.07) is 0.636. The lowest BCUT2D eigenvalue weighted by Crippen LogP contribution is -2.39. The van der Waals surface area contributed by atoms with Gasteiger partial charge in [-0.3, -0.25) is 0 Å². The molecule has 0 aromatic carbocycles. The molecule has 4 nitrogen and oxygen atoms in total. The third-order valence-corrected chi connectivity index (χ3v) is 3.67. The molecule has 15 heavy (non-hydrogen) atoms. The van der Waals surface area contributed by atoms with Gasteiger partial charge in [-0.1, -0.05) is 30.6 Å². The Morgan fingerprint density at radius 2 is 2.07 bits per heavy atom. The number of nitrogens with two attached hydrogens (primary N) is 1. The van der Waals surface area contributed by atoms with Crippen LogP contribution in [0.5, 0.6) is 0 Å². The van der Waals surface area contributed by atoms with Crippen molar-refractivity contribution in [2.24, 2.45) is 5.73 Å². The lowest BCUT2D eigenvalue weighted by atomic mass is 10.0. The molecular formula is C10H18N4S. The van der Waals surface area contributed by atoms with Crippen LogP contribution in [0.15, 0.2) is 0 Å².